The van der Waals surface area contributed by atoms with Gasteiger partial charge in [-0.2, -0.15) is 9.78 Å². The van der Waals surface area contributed by atoms with Crippen molar-refractivity contribution in [2.75, 3.05) is 0 Å². The first-order valence-corrected chi connectivity index (χ1v) is 5.12. The van der Waals surface area contributed by atoms with E-state index < -0.39 is 17.3 Å². The topological polar surface area (TPSA) is 75.8 Å². The number of rotatable bonds is 2. The van der Waals surface area contributed by atoms with Gasteiger partial charge in [-0.3, -0.25) is 4.79 Å². The summed E-state index contributed by atoms with van der Waals surface area (Å²) in [6.45, 7) is 1.60. The normalized spacial score (nSPS) is 9.79. The minimum absolute atomic E-state index is 0. The summed E-state index contributed by atoms with van der Waals surface area (Å²) in [4.78, 5) is 22.9. The van der Waals surface area contributed by atoms with Crippen molar-refractivity contribution in [2.45, 2.75) is 6.92 Å². The summed E-state index contributed by atoms with van der Waals surface area (Å²) < 4.78 is 13.8. The van der Waals surface area contributed by atoms with Gasteiger partial charge in [0.25, 0.3) is 5.56 Å². The second-order valence-electron chi connectivity index (χ2n) is 3.72. The number of carbonyl (C=O) groups excluding carboxylic acids is 1. The van der Waals surface area contributed by atoms with Crippen LogP contribution in [0.15, 0.2) is 35.1 Å². The number of hydrogen-bond donors (Lipinski definition) is 0. The molecule has 0 radical (unpaired) electrons. The third-order valence-electron chi connectivity index (χ3n) is 2.35. The quantitative estimate of drug-likeness (QED) is 0.656. The monoisotopic (exact) mass is 285 g/mol. The van der Waals surface area contributed by atoms with Crippen LogP contribution in [0, 0.1) is 12.7 Å². The molecule has 5 nitrogen and oxygen atoms in total. The Morgan fingerprint density at radius 1 is 1.32 bits per heavy atom. The summed E-state index contributed by atoms with van der Waals surface area (Å²) in [6.07, 6.45) is 0. The van der Waals surface area contributed by atoms with E-state index in [1.165, 1.54) is 30.3 Å². The van der Waals surface area contributed by atoms with Crippen molar-refractivity contribution >= 4 is 5.91 Å². The summed E-state index contributed by atoms with van der Waals surface area (Å²) in [5, 5.41) is 3.96. The molecule has 1 amide bonds. The molecule has 92 valence electrons. The Morgan fingerprint density at radius 2 is 1.89 bits per heavy atom. The van der Waals surface area contributed by atoms with Gasteiger partial charge >= 0.3 is 51.4 Å². The Hall–Kier alpha value is -0.864. The molecule has 0 spiro atoms. The number of hydrogen-bond acceptors (Lipinski definition) is 3. The third kappa shape index (κ3) is 3.58. The fourth-order valence-corrected chi connectivity index (χ4v) is 1.54. The number of carbonyl (C=O) groups is 1. The van der Waals surface area contributed by atoms with Crippen LogP contribution in [0.5, 0.6) is 0 Å². The van der Waals surface area contributed by atoms with Crippen LogP contribution in [0.1, 0.15) is 16.1 Å². The van der Waals surface area contributed by atoms with Gasteiger partial charge in [0.2, 0.25) is 0 Å². The van der Waals surface area contributed by atoms with Crippen LogP contribution in [0.3, 0.4) is 0 Å². The Bertz CT molecular complexity index is 668. The summed E-state index contributed by atoms with van der Waals surface area (Å²) in [6, 6.07) is 6.39. The molecule has 0 bridgehead atoms. The van der Waals surface area contributed by atoms with Gasteiger partial charge in [0, 0.05) is 0 Å². The van der Waals surface area contributed by atoms with E-state index in [4.69, 9.17) is 5.73 Å². The van der Waals surface area contributed by atoms with Crippen molar-refractivity contribution in [2.24, 2.45) is 0 Å². The molecule has 0 aliphatic carbocycles. The molecule has 19 heavy (non-hydrogen) atoms. The molecule has 1 N–H and O–H groups in total. The van der Waals surface area contributed by atoms with Crippen molar-refractivity contribution in [1.82, 2.24) is 9.78 Å². The SMILES string of the molecule is Cc1cc(C([NH-])=O)c(=O)n(-c2ccc(F)cc2)n1.[K+]. The van der Waals surface area contributed by atoms with E-state index in [1.807, 2.05) is 0 Å². The zero-order chi connectivity index (χ0) is 13.3. The Labute approximate surface area is 151 Å². The van der Waals surface area contributed by atoms with Crippen molar-refractivity contribution in [3.63, 3.8) is 0 Å². The van der Waals surface area contributed by atoms with Crippen LogP contribution >= 0.6 is 0 Å². The maximum Gasteiger partial charge on any atom is 1.00 e. The van der Waals surface area contributed by atoms with Crippen LogP contribution in [0.4, 0.5) is 4.39 Å². The molecule has 0 atom stereocenters. The average molecular weight is 285 g/mol. The molecule has 2 rings (SSSR count). The minimum Gasteiger partial charge on any atom is -0.663 e. The number of benzene rings is 1. The third-order valence-corrected chi connectivity index (χ3v) is 2.35. The largest absolute Gasteiger partial charge is 1.00 e. The second-order valence-corrected chi connectivity index (χ2v) is 3.72. The maximum atomic E-state index is 12.8. The van der Waals surface area contributed by atoms with Gasteiger partial charge < -0.3 is 10.5 Å². The van der Waals surface area contributed by atoms with Crippen LogP contribution in [-0.2, 0) is 0 Å². The van der Waals surface area contributed by atoms with E-state index in [0.717, 1.165) is 4.68 Å². The number of aromatic nitrogens is 2. The molecule has 7 heteroatoms. The number of amides is 1. The first-order valence-electron chi connectivity index (χ1n) is 5.12. The Balaban J connectivity index is 0.00000180. The smallest absolute Gasteiger partial charge is 0.663 e. The van der Waals surface area contributed by atoms with E-state index in [2.05, 4.69) is 5.10 Å². The maximum absolute atomic E-state index is 12.8. The molecule has 0 saturated heterocycles. The standard InChI is InChI=1S/C12H10FN3O2.K/c1-7-6-10(11(14)17)12(18)16(15-7)9-4-2-8(13)3-5-9;/h2-6H,1H3,(H2,14,17);/q;+1/p-1. The fraction of sp³-hybridized carbons (Fsp3) is 0.0833. The minimum atomic E-state index is -1.07. The first kappa shape index (κ1) is 16.2. The summed E-state index contributed by atoms with van der Waals surface area (Å²) in [7, 11) is 0. The number of nitrogens with zero attached hydrogens (tertiary/aromatic N) is 2. The van der Waals surface area contributed by atoms with Crippen LogP contribution in [-0.4, -0.2) is 15.7 Å². The summed E-state index contributed by atoms with van der Waals surface area (Å²) >= 11 is 0. The van der Waals surface area contributed by atoms with Crippen LogP contribution in [0.2, 0.25) is 0 Å². The van der Waals surface area contributed by atoms with Gasteiger partial charge in [-0.05, 0) is 37.3 Å². The van der Waals surface area contributed by atoms with E-state index in [9.17, 15) is 14.0 Å². The Kier molecular flexibility index (Phi) is 5.57. The predicted octanol–water partition coefficient (Wildman–Crippen LogP) is -1.12. The molecule has 0 aliphatic rings. The van der Waals surface area contributed by atoms with Gasteiger partial charge in [-0.15, -0.1) is 0 Å². The molecular formula is C12H9FKN3O2. The van der Waals surface area contributed by atoms with Crippen molar-refractivity contribution in [3.05, 3.63) is 63.5 Å². The van der Waals surface area contributed by atoms with Crippen LogP contribution < -0.4 is 56.9 Å². The summed E-state index contributed by atoms with van der Waals surface area (Å²) in [5.74, 6) is -1.50. The summed E-state index contributed by atoms with van der Waals surface area (Å²) in [5.41, 5.74) is 6.83. The van der Waals surface area contributed by atoms with Crippen molar-refractivity contribution in [3.8, 4) is 5.69 Å². The molecule has 1 aromatic carbocycles. The number of aryl methyl sites for hydroxylation is 1. The molecule has 0 saturated carbocycles. The van der Waals surface area contributed by atoms with E-state index >= 15 is 0 Å². The predicted molar refractivity (Wildman–Crippen MR) is 63.2 cm³/mol. The van der Waals surface area contributed by atoms with Gasteiger partial charge in [0.15, 0.2) is 0 Å². The number of nitrogens with one attached hydrogen (secondary N) is 1. The molecular weight excluding hydrogens is 276 g/mol. The van der Waals surface area contributed by atoms with E-state index in [0.29, 0.717) is 11.4 Å². The van der Waals surface area contributed by atoms with Crippen LogP contribution in [0.25, 0.3) is 11.4 Å². The molecule has 0 unspecified atom stereocenters. The van der Waals surface area contributed by atoms with Crippen molar-refractivity contribution in [1.29, 1.82) is 0 Å². The number of halogens is 1. The Morgan fingerprint density at radius 3 is 2.42 bits per heavy atom. The zero-order valence-electron chi connectivity index (χ0n) is 10.5. The van der Waals surface area contributed by atoms with E-state index in [1.54, 1.807) is 6.92 Å². The molecule has 1 aromatic heterocycles. The van der Waals surface area contributed by atoms with Gasteiger partial charge in [-0.1, -0.05) is 0 Å². The average Bonchev–Trinajstić information content (AvgIpc) is 2.32. The van der Waals surface area contributed by atoms with E-state index in [-0.39, 0.29) is 56.9 Å². The van der Waals surface area contributed by atoms with Gasteiger partial charge in [0.05, 0.1) is 22.9 Å². The first-order chi connectivity index (χ1) is 8.49. The molecule has 0 fully saturated rings. The van der Waals surface area contributed by atoms with Crippen molar-refractivity contribution < 1.29 is 60.6 Å². The second kappa shape index (κ2) is 6.53. The molecule has 2 aromatic rings. The van der Waals surface area contributed by atoms with Gasteiger partial charge in [-0.25, -0.2) is 4.39 Å². The zero-order valence-corrected chi connectivity index (χ0v) is 13.6. The van der Waals surface area contributed by atoms with Gasteiger partial charge in [0.1, 0.15) is 5.82 Å². The molecule has 0 aliphatic heterocycles. The fourth-order valence-electron chi connectivity index (χ4n) is 1.54. The molecule has 1 heterocycles.